The van der Waals surface area contributed by atoms with Crippen LogP contribution in [0.15, 0.2) is 95.7 Å². The van der Waals surface area contributed by atoms with Gasteiger partial charge in [-0.05, 0) is 72.2 Å². The van der Waals surface area contributed by atoms with Gasteiger partial charge in [-0.25, -0.2) is 4.98 Å². The fraction of sp³-hybridized carbons (Fsp3) is 0.404. The Kier molecular flexibility index (Phi) is 13.6. The van der Waals surface area contributed by atoms with Crippen molar-refractivity contribution in [2.45, 2.75) is 51.0 Å². The van der Waals surface area contributed by atoms with Crippen molar-refractivity contribution in [2.75, 3.05) is 81.6 Å². The molecule has 3 aliphatic rings. The number of amides is 1. The fourth-order valence-electron chi connectivity index (χ4n) is 9.08. The third-order valence-electron chi connectivity index (χ3n) is 12.9. The van der Waals surface area contributed by atoms with Crippen LogP contribution in [0.25, 0.3) is 16.6 Å². The van der Waals surface area contributed by atoms with Gasteiger partial charge < -0.3 is 14.6 Å². The molecule has 2 aromatic heterocycles. The number of nitro benzene ring substituents is 1. The Balaban J connectivity index is 0.987. The predicted molar refractivity (Wildman–Crippen MR) is 261 cm³/mol. The number of sulfonamides is 1. The summed E-state index contributed by atoms with van der Waals surface area (Å²) in [6, 6.07) is 20.2. The molecule has 4 N–H and O–H groups in total. The molecule has 0 radical (unpaired) electrons. The first kappa shape index (κ1) is 46.4. The topological polar surface area (TPSA) is 186 Å². The van der Waals surface area contributed by atoms with Crippen molar-refractivity contribution in [2.24, 2.45) is 5.41 Å². The number of halogens is 1. The molecule has 1 atom stereocenters. The van der Waals surface area contributed by atoms with Crippen LogP contribution in [0.3, 0.4) is 0 Å². The normalized spacial score (nSPS) is 19.1. The molecule has 0 bridgehead atoms. The van der Waals surface area contributed by atoms with E-state index in [-0.39, 0.29) is 28.5 Å². The van der Waals surface area contributed by atoms with Crippen LogP contribution in [0.4, 0.5) is 17.1 Å². The van der Waals surface area contributed by atoms with E-state index in [1.165, 1.54) is 35.0 Å². The first-order chi connectivity index (χ1) is 30.9. The number of fused-ring (bicyclic) bond motifs is 1. The van der Waals surface area contributed by atoms with Gasteiger partial charge in [-0.2, -0.15) is 0 Å². The second-order valence-electron chi connectivity index (χ2n) is 18.8. The second-order valence-corrected chi connectivity index (χ2v) is 24.9. The molecule has 18 heteroatoms. The number of aromatic nitrogens is 2. The summed E-state index contributed by atoms with van der Waals surface area (Å²) >= 11 is 6.25. The van der Waals surface area contributed by atoms with E-state index in [9.17, 15) is 28.2 Å². The van der Waals surface area contributed by atoms with Gasteiger partial charge in [-0.15, -0.1) is 0 Å². The molecule has 3 aromatic carbocycles. The van der Waals surface area contributed by atoms with Crippen molar-refractivity contribution in [1.82, 2.24) is 24.5 Å². The number of nitrogens with one attached hydrogen (secondary N) is 3. The molecule has 0 saturated carbocycles. The van der Waals surface area contributed by atoms with Gasteiger partial charge in [0.2, 0.25) is 0 Å². The van der Waals surface area contributed by atoms with Crippen molar-refractivity contribution in [3.8, 4) is 11.5 Å². The van der Waals surface area contributed by atoms with Crippen LogP contribution in [0, 0.1) is 15.5 Å². The number of rotatable bonds is 14. The minimum absolute atomic E-state index is 0.0458. The van der Waals surface area contributed by atoms with E-state index in [4.69, 9.17) is 16.3 Å². The number of pyridine rings is 1. The van der Waals surface area contributed by atoms with Gasteiger partial charge in [-0.1, -0.05) is 43.2 Å². The molecular formula is C47H58ClN8O7PS. The Morgan fingerprint density at radius 1 is 1.02 bits per heavy atom. The van der Waals surface area contributed by atoms with Crippen LogP contribution in [0.2, 0.25) is 5.02 Å². The zero-order valence-corrected chi connectivity index (χ0v) is 39.8. The zero-order chi connectivity index (χ0) is 46.1. The SMILES string of the molecule is C[C@@H](CN1CC[PH](C)(O)CC1)Nc1ccc(S(=O)(=O)NC(=O)c2ccc(N3CCN(CC4=C(c5ccc(Cl)cc5)CC(C)(C)CC4)CC3)cc2Oc2cnc3[nH]ccc3c2)cc1[N+](=O)[O-]. The van der Waals surface area contributed by atoms with E-state index in [1.54, 1.807) is 30.5 Å². The van der Waals surface area contributed by atoms with Crippen LogP contribution >= 0.6 is 19.1 Å². The van der Waals surface area contributed by atoms with Gasteiger partial charge >= 0.3 is 147 Å². The number of carbonyl (C=O) groups is 1. The maximum atomic E-state index is 14.0. The second kappa shape index (κ2) is 19.0. The van der Waals surface area contributed by atoms with Gasteiger partial charge in [0, 0.05) is 61.1 Å². The molecule has 15 nitrogen and oxygen atoms in total. The first-order valence-corrected chi connectivity index (χ1v) is 26.9. The number of aromatic amines is 1. The molecule has 5 aromatic rings. The summed E-state index contributed by atoms with van der Waals surface area (Å²) in [6.45, 7) is 14.6. The number of nitro groups is 1. The number of hydrogen-bond acceptors (Lipinski definition) is 12. The molecule has 4 heterocycles. The van der Waals surface area contributed by atoms with Crippen LogP contribution in [-0.4, -0.2) is 121 Å². The summed E-state index contributed by atoms with van der Waals surface area (Å²) in [7, 11) is -6.74. The van der Waals surface area contributed by atoms with E-state index in [2.05, 4.69) is 60.7 Å². The average molecular weight is 946 g/mol. The maximum absolute atomic E-state index is 14.0. The van der Waals surface area contributed by atoms with Gasteiger partial charge in [-0.3, -0.25) is 9.69 Å². The molecule has 2 saturated heterocycles. The number of benzene rings is 3. The zero-order valence-electron chi connectivity index (χ0n) is 37.3. The number of anilines is 2. The molecule has 8 rings (SSSR count). The molecule has 0 spiro atoms. The summed E-state index contributed by atoms with van der Waals surface area (Å²) in [5.41, 5.74) is 5.45. The third kappa shape index (κ3) is 11.3. The Hall–Kier alpha value is -5.09. The van der Waals surface area contributed by atoms with Gasteiger partial charge in [0.15, 0.2) is 0 Å². The summed E-state index contributed by atoms with van der Waals surface area (Å²) in [6.07, 6.45) is 7.99. The Morgan fingerprint density at radius 2 is 1.75 bits per heavy atom. The standard InChI is InChI=1S/C47H58ClN8O7PS/c1-32(30-54-21-23-64(4,60)24-22-54)51-42-12-10-39(27-43(42)56(58)59)65(61,62)52-46(57)40-11-9-37(26-44(40)63-38-25-34-14-16-49-45(34)50-29-38)55-19-17-53(18-20-55)31-35-13-15-47(2,3)28-41(35)33-5-7-36(48)8-6-33/h5-12,14,16,25-27,29,32,51,60,64H,13,15,17-24,28,30-31H2,1-4H3,(H,49,50)(H,52,57)/t32-/m0/s1. The van der Waals surface area contributed by atoms with Crippen molar-refractivity contribution >= 4 is 68.7 Å². The molecule has 1 amide bonds. The fourth-order valence-corrected chi connectivity index (χ4v) is 12.0. The van der Waals surface area contributed by atoms with Crippen LogP contribution in [0.1, 0.15) is 56.0 Å². The van der Waals surface area contributed by atoms with Crippen molar-refractivity contribution in [3.63, 3.8) is 0 Å². The van der Waals surface area contributed by atoms with E-state index in [0.29, 0.717) is 17.9 Å². The average Bonchev–Trinajstić information content (AvgIpc) is 3.73. The third-order valence-corrected chi connectivity index (χ3v) is 17.1. The van der Waals surface area contributed by atoms with Crippen molar-refractivity contribution in [3.05, 3.63) is 117 Å². The molecule has 346 valence electrons. The number of ether oxygens (including phenoxy) is 1. The van der Waals surface area contributed by atoms with E-state index >= 15 is 0 Å². The molecule has 65 heavy (non-hydrogen) atoms. The molecule has 2 aliphatic heterocycles. The summed E-state index contributed by atoms with van der Waals surface area (Å²) in [5, 5.41) is 16.9. The van der Waals surface area contributed by atoms with Crippen LogP contribution < -0.4 is 19.7 Å². The van der Waals surface area contributed by atoms with E-state index in [0.717, 1.165) is 99.6 Å². The quantitative estimate of drug-likeness (QED) is 0.0476. The summed E-state index contributed by atoms with van der Waals surface area (Å²) in [5.74, 6) is -0.496. The number of hydrogen-bond donors (Lipinski definition) is 4. The van der Waals surface area contributed by atoms with Crippen molar-refractivity contribution < 1.29 is 27.8 Å². The molecule has 0 unspecified atom stereocenters. The molecule has 1 aliphatic carbocycles. The number of H-pyrrole nitrogens is 1. The first-order valence-electron chi connectivity index (χ1n) is 22.2. The van der Waals surface area contributed by atoms with Gasteiger partial charge in [0.1, 0.15) is 17.1 Å². The van der Waals surface area contributed by atoms with Crippen LogP contribution in [-0.2, 0) is 10.0 Å². The van der Waals surface area contributed by atoms with E-state index in [1.807, 2.05) is 31.8 Å². The Morgan fingerprint density at radius 3 is 2.48 bits per heavy atom. The Labute approximate surface area is 385 Å². The van der Waals surface area contributed by atoms with Crippen molar-refractivity contribution in [1.29, 1.82) is 0 Å². The number of carbonyl (C=O) groups excluding carboxylic acids is 1. The van der Waals surface area contributed by atoms with Gasteiger partial charge in [0.25, 0.3) is 5.91 Å². The summed E-state index contributed by atoms with van der Waals surface area (Å²) in [4.78, 5) is 50.0. The summed E-state index contributed by atoms with van der Waals surface area (Å²) < 4.78 is 36.0. The number of allylic oxidation sites excluding steroid dienone is 1. The minimum atomic E-state index is -4.59. The predicted octanol–water partition coefficient (Wildman–Crippen LogP) is 8.22. The Bertz CT molecular complexity index is 2710. The van der Waals surface area contributed by atoms with Gasteiger partial charge in [0.05, 0.1) is 11.8 Å². The van der Waals surface area contributed by atoms with E-state index < -0.39 is 38.9 Å². The number of piperazine rings is 1. The molecule has 2 fully saturated rings. The monoisotopic (exact) mass is 944 g/mol. The molecular weight excluding hydrogens is 887 g/mol. The number of nitrogens with zero attached hydrogens (tertiary/aromatic N) is 5. The van der Waals surface area contributed by atoms with Crippen LogP contribution in [0.5, 0.6) is 11.5 Å².